The predicted octanol–water partition coefficient (Wildman–Crippen LogP) is 3.36. The molecule has 3 nitrogen and oxygen atoms in total. The fourth-order valence-electron chi connectivity index (χ4n) is 2.34. The lowest BCUT2D eigenvalue weighted by Crippen LogP contribution is -2.24. The van der Waals surface area contributed by atoms with Crippen molar-refractivity contribution in [1.82, 2.24) is 5.32 Å². The molecule has 3 heteroatoms. The van der Waals surface area contributed by atoms with E-state index in [1.54, 1.807) is 0 Å². The molecule has 0 aromatic heterocycles. The maximum atomic E-state index is 11.0. The molecule has 0 spiro atoms. The van der Waals surface area contributed by atoms with Crippen LogP contribution >= 0.6 is 0 Å². The van der Waals surface area contributed by atoms with E-state index in [1.807, 2.05) is 30.3 Å². The average molecular weight is 257 g/mol. The molecule has 0 aliphatic rings. The minimum Gasteiger partial charge on any atom is -0.481 e. The second-order valence-electron chi connectivity index (χ2n) is 4.67. The summed E-state index contributed by atoms with van der Waals surface area (Å²) in [7, 11) is 0. The van der Waals surface area contributed by atoms with Crippen LogP contribution in [0.15, 0.2) is 42.5 Å². The van der Waals surface area contributed by atoms with Gasteiger partial charge in [-0.2, -0.15) is 0 Å². The van der Waals surface area contributed by atoms with Gasteiger partial charge < -0.3 is 10.4 Å². The van der Waals surface area contributed by atoms with E-state index in [9.17, 15) is 4.79 Å². The summed E-state index contributed by atoms with van der Waals surface area (Å²) in [4.78, 5) is 11.0. The number of aliphatic carboxylic acids is 1. The predicted molar refractivity (Wildman–Crippen MR) is 77.2 cm³/mol. The minimum atomic E-state index is -0.776. The average Bonchev–Trinajstić information content (AvgIpc) is 2.42. The van der Waals surface area contributed by atoms with Crippen molar-refractivity contribution >= 4 is 16.7 Å². The van der Waals surface area contributed by atoms with Crippen LogP contribution in [0.3, 0.4) is 0 Å². The molecule has 1 atom stereocenters. The van der Waals surface area contributed by atoms with E-state index in [2.05, 4.69) is 24.4 Å². The number of nitrogens with one attached hydrogen (secondary N) is 1. The van der Waals surface area contributed by atoms with E-state index in [0.717, 1.165) is 29.3 Å². The highest BCUT2D eigenvalue weighted by Crippen LogP contribution is 2.26. The van der Waals surface area contributed by atoms with Gasteiger partial charge in [0.15, 0.2) is 0 Å². The molecule has 0 saturated carbocycles. The molecule has 0 fully saturated rings. The highest BCUT2D eigenvalue weighted by atomic mass is 16.4. The molecule has 2 rings (SSSR count). The normalized spacial score (nSPS) is 12.5. The molecule has 2 aromatic carbocycles. The first-order chi connectivity index (χ1) is 9.22. The van der Waals surface area contributed by atoms with Gasteiger partial charge in [-0.1, -0.05) is 49.4 Å². The van der Waals surface area contributed by atoms with Gasteiger partial charge in [0.05, 0.1) is 6.42 Å². The topological polar surface area (TPSA) is 49.3 Å². The summed E-state index contributed by atoms with van der Waals surface area (Å²) in [5.41, 5.74) is 1.06. The van der Waals surface area contributed by atoms with Gasteiger partial charge in [0.1, 0.15) is 0 Å². The zero-order chi connectivity index (χ0) is 13.7. The minimum absolute atomic E-state index is 0.105. The van der Waals surface area contributed by atoms with Crippen LogP contribution in [-0.2, 0) is 4.79 Å². The molecular formula is C16H19NO2. The molecule has 0 aliphatic heterocycles. The van der Waals surface area contributed by atoms with Gasteiger partial charge in [-0.25, -0.2) is 0 Å². The van der Waals surface area contributed by atoms with E-state index in [-0.39, 0.29) is 12.5 Å². The first kappa shape index (κ1) is 13.6. The number of hydrogen-bond donors (Lipinski definition) is 2. The maximum absolute atomic E-state index is 11.0. The van der Waals surface area contributed by atoms with E-state index in [0.29, 0.717) is 0 Å². The largest absolute Gasteiger partial charge is 0.481 e. The first-order valence-corrected chi connectivity index (χ1v) is 6.65. The molecule has 0 saturated heterocycles. The molecule has 2 N–H and O–H groups in total. The lowest BCUT2D eigenvalue weighted by molar-refractivity contribution is -0.137. The molecule has 0 aliphatic carbocycles. The van der Waals surface area contributed by atoms with Gasteiger partial charge in [-0.3, -0.25) is 4.79 Å². The third kappa shape index (κ3) is 3.32. The summed E-state index contributed by atoms with van der Waals surface area (Å²) in [5.74, 6) is -0.776. The summed E-state index contributed by atoms with van der Waals surface area (Å²) < 4.78 is 0. The lowest BCUT2D eigenvalue weighted by Gasteiger charge is -2.19. The second-order valence-corrected chi connectivity index (χ2v) is 4.67. The molecule has 0 heterocycles. The molecule has 100 valence electrons. The van der Waals surface area contributed by atoms with Crippen LogP contribution < -0.4 is 5.32 Å². The van der Waals surface area contributed by atoms with Crippen molar-refractivity contribution in [1.29, 1.82) is 0 Å². The first-order valence-electron chi connectivity index (χ1n) is 6.65. The molecule has 19 heavy (non-hydrogen) atoms. The van der Waals surface area contributed by atoms with Gasteiger partial charge in [-0.15, -0.1) is 0 Å². The lowest BCUT2D eigenvalue weighted by atomic mass is 9.96. The van der Waals surface area contributed by atoms with Crippen molar-refractivity contribution in [3.8, 4) is 0 Å². The standard InChI is InChI=1S/C16H19NO2/c1-2-10-17-15(11-16(18)19)14-9-5-7-12-6-3-4-8-13(12)14/h3-9,15,17H,2,10-11H2,1H3,(H,18,19). The molecular weight excluding hydrogens is 238 g/mol. The quantitative estimate of drug-likeness (QED) is 0.834. The van der Waals surface area contributed by atoms with E-state index >= 15 is 0 Å². The summed E-state index contributed by atoms with van der Waals surface area (Å²) in [5, 5.41) is 14.7. The van der Waals surface area contributed by atoms with Crippen LogP contribution in [0.5, 0.6) is 0 Å². The summed E-state index contributed by atoms with van der Waals surface area (Å²) in [6.45, 7) is 2.90. The number of hydrogen-bond acceptors (Lipinski definition) is 2. The van der Waals surface area contributed by atoms with Gasteiger partial charge in [0.2, 0.25) is 0 Å². The highest BCUT2D eigenvalue weighted by molar-refractivity contribution is 5.86. The van der Waals surface area contributed by atoms with E-state index in [1.165, 1.54) is 0 Å². The Labute approximate surface area is 113 Å². The highest BCUT2D eigenvalue weighted by Gasteiger charge is 2.16. The zero-order valence-corrected chi connectivity index (χ0v) is 11.1. The summed E-state index contributed by atoms with van der Waals surface area (Å²) >= 11 is 0. The van der Waals surface area contributed by atoms with Crippen LogP contribution in [0, 0.1) is 0 Å². The Bertz CT molecular complexity index is 560. The van der Waals surface area contributed by atoms with Crippen molar-refractivity contribution in [3.05, 3.63) is 48.0 Å². The van der Waals surface area contributed by atoms with Gasteiger partial charge in [0, 0.05) is 6.04 Å². The summed E-state index contributed by atoms with van der Waals surface area (Å²) in [6, 6.07) is 14.0. The van der Waals surface area contributed by atoms with Gasteiger partial charge in [-0.05, 0) is 29.3 Å². The van der Waals surface area contributed by atoms with Crippen LogP contribution in [0.25, 0.3) is 10.8 Å². The third-order valence-electron chi connectivity index (χ3n) is 3.22. The third-order valence-corrected chi connectivity index (χ3v) is 3.22. The number of rotatable bonds is 6. The second kappa shape index (κ2) is 6.34. The van der Waals surface area contributed by atoms with Crippen LogP contribution in [0.4, 0.5) is 0 Å². The van der Waals surface area contributed by atoms with Crippen molar-refractivity contribution in [2.45, 2.75) is 25.8 Å². The fourth-order valence-corrected chi connectivity index (χ4v) is 2.34. The Morgan fingerprint density at radius 3 is 2.68 bits per heavy atom. The van der Waals surface area contributed by atoms with Crippen molar-refractivity contribution in [2.24, 2.45) is 0 Å². The van der Waals surface area contributed by atoms with E-state index in [4.69, 9.17) is 5.11 Å². The van der Waals surface area contributed by atoms with Crippen LogP contribution in [0.2, 0.25) is 0 Å². The Morgan fingerprint density at radius 1 is 1.21 bits per heavy atom. The van der Waals surface area contributed by atoms with Crippen LogP contribution in [0.1, 0.15) is 31.4 Å². The Balaban J connectivity index is 2.39. The number of carbonyl (C=O) groups is 1. The van der Waals surface area contributed by atoms with Gasteiger partial charge >= 0.3 is 5.97 Å². The number of benzene rings is 2. The zero-order valence-electron chi connectivity index (χ0n) is 11.1. The van der Waals surface area contributed by atoms with Crippen molar-refractivity contribution in [2.75, 3.05) is 6.54 Å². The molecule has 2 aromatic rings. The van der Waals surface area contributed by atoms with Crippen LogP contribution in [-0.4, -0.2) is 17.6 Å². The molecule has 0 radical (unpaired) electrons. The summed E-state index contributed by atoms with van der Waals surface area (Å²) in [6.07, 6.45) is 1.09. The number of carboxylic acid groups (broad SMARTS) is 1. The number of fused-ring (bicyclic) bond motifs is 1. The van der Waals surface area contributed by atoms with Gasteiger partial charge in [0.25, 0.3) is 0 Å². The smallest absolute Gasteiger partial charge is 0.305 e. The van der Waals surface area contributed by atoms with Crippen molar-refractivity contribution < 1.29 is 9.90 Å². The Hall–Kier alpha value is -1.87. The fraction of sp³-hybridized carbons (Fsp3) is 0.312. The van der Waals surface area contributed by atoms with E-state index < -0.39 is 5.97 Å². The Kier molecular flexibility index (Phi) is 4.53. The van der Waals surface area contributed by atoms with Crippen molar-refractivity contribution in [3.63, 3.8) is 0 Å². The molecule has 0 bridgehead atoms. The monoisotopic (exact) mass is 257 g/mol. The molecule has 0 amide bonds. The SMILES string of the molecule is CCCNC(CC(=O)O)c1cccc2ccccc12. The molecule has 1 unspecified atom stereocenters. The number of carboxylic acids is 1. The maximum Gasteiger partial charge on any atom is 0.305 e. The Morgan fingerprint density at radius 2 is 1.95 bits per heavy atom.